The van der Waals surface area contributed by atoms with E-state index in [0.29, 0.717) is 19.4 Å². The van der Waals surface area contributed by atoms with Crippen molar-refractivity contribution in [1.29, 1.82) is 0 Å². The van der Waals surface area contributed by atoms with E-state index in [1.54, 1.807) is 0 Å². The molecule has 0 saturated heterocycles. The molecular weight excluding hydrogens is 232 g/mol. The van der Waals surface area contributed by atoms with E-state index in [4.69, 9.17) is 5.53 Å². The second kappa shape index (κ2) is 5.08. The van der Waals surface area contributed by atoms with Crippen molar-refractivity contribution in [3.05, 3.63) is 45.8 Å². The summed E-state index contributed by atoms with van der Waals surface area (Å²) in [7, 11) is 0. The summed E-state index contributed by atoms with van der Waals surface area (Å²) >= 11 is 0. The molecule has 0 aliphatic heterocycles. The number of carbonyl (C=O) groups is 1. The van der Waals surface area contributed by atoms with E-state index in [0.717, 1.165) is 11.1 Å². The topological polar surface area (TPSA) is 98.1 Å². The van der Waals surface area contributed by atoms with Gasteiger partial charge in [0, 0.05) is 30.8 Å². The van der Waals surface area contributed by atoms with E-state index in [1.807, 2.05) is 24.3 Å². The van der Waals surface area contributed by atoms with Crippen LogP contribution in [0.2, 0.25) is 0 Å². The van der Waals surface area contributed by atoms with E-state index < -0.39 is 11.5 Å². The van der Waals surface area contributed by atoms with Crippen molar-refractivity contribution < 1.29 is 9.90 Å². The zero-order valence-electron chi connectivity index (χ0n) is 9.83. The van der Waals surface area contributed by atoms with E-state index >= 15 is 0 Å². The van der Waals surface area contributed by atoms with Gasteiger partial charge >= 0.3 is 5.97 Å². The lowest BCUT2D eigenvalue weighted by molar-refractivity contribution is -0.144. The van der Waals surface area contributed by atoms with Crippen molar-refractivity contribution in [2.75, 3.05) is 13.1 Å². The van der Waals surface area contributed by atoms with Crippen molar-refractivity contribution in [1.82, 2.24) is 5.32 Å². The van der Waals surface area contributed by atoms with Crippen LogP contribution in [0.15, 0.2) is 29.4 Å². The summed E-state index contributed by atoms with van der Waals surface area (Å²) < 4.78 is 0. The number of aliphatic carboxylic acids is 1. The molecule has 94 valence electrons. The summed E-state index contributed by atoms with van der Waals surface area (Å²) in [5, 5.41) is 15.8. The fourth-order valence-corrected chi connectivity index (χ4v) is 2.36. The SMILES string of the molecule is [N-]=[N+]=NCCNC1(C(=O)O)Cc2ccccc2C1. The van der Waals surface area contributed by atoms with Gasteiger partial charge in [-0.05, 0) is 16.7 Å². The van der Waals surface area contributed by atoms with Crippen molar-refractivity contribution in [3.63, 3.8) is 0 Å². The molecule has 2 N–H and O–H groups in total. The lowest BCUT2D eigenvalue weighted by atomic mass is 9.96. The summed E-state index contributed by atoms with van der Waals surface area (Å²) in [5.41, 5.74) is 9.36. The number of benzene rings is 1. The molecule has 1 aliphatic carbocycles. The Kier molecular flexibility index (Phi) is 3.50. The average molecular weight is 246 g/mol. The molecule has 6 heteroatoms. The van der Waals surface area contributed by atoms with Gasteiger partial charge in [-0.15, -0.1) is 0 Å². The lowest BCUT2D eigenvalue weighted by Crippen LogP contribution is -2.53. The van der Waals surface area contributed by atoms with Gasteiger partial charge in [0.2, 0.25) is 0 Å². The first kappa shape index (κ1) is 12.4. The van der Waals surface area contributed by atoms with Crippen molar-refractivity contribution >= 4 is 5.97 Å². The van der Waals surface area contributed by atoms with Crippen LogP contribution in [0.25, 0.3) is 10.4 Å². The second-order valence-electron chi connectivity index (χ2n) is 4.39. The zero-order chi connectivity index (χ0) is 13.0. The number of carboxylic acids is 1. The highest BCUT2D eigenvalue weighted by Gasteiger charge is 2.43. The number of nitrogens with one attached hydrogen (secondary N) is 1. The fraction of sp³-hybridized carbons (Fsp3) is 0.417. The van der Waals surface area contributed by atoms with Gasteiger partial charge in [-0.25, -0.2) is 0 Å². The molecule has 0 radical (unpaired) electrons. The number of azide groups is 1. The van der Waals surface area contributed by atoms with Gasteiger partial charge in [0.1, 0.15) is 5.54 Å². The lowest BCUT2D eigenvalue weighted by Gasteiger charge is -2.25. The predicted octanol–water partition coefficient (Wildman–Crippen LogP) is 1.51. The largest absolute Gasteiger partial charge is 0.480 e. The third-order valence-corrected chi connectivity index (χ3v) is 3.25. The molecule has 0 fully saturated rings. The van der Waals surface area contributed by atoms with Gasteiger partial charge in [0.05, 0.1) is 0 Å². The Morgan fingerprint density at radius 1 is 1.44 bits per heavy atom. The predicted molar refractivity (Wildman–Crippen MR) is 66.2 cm³/mol. The van der Waals surface area contributed by atoms with Crippen LogP contribution in [0.5, 0.6) is 0 Å². The number of hydrogen-bond acceptors (Lipinski definition) is 3. The van der Waals surface area contributed by atoms with Gasteiger partial charge in [-0.3, -0.25) is 4.79 Å². The molecule has 1 aromatic carbocycles. The van der Waals surface area contributed by atoms with Crippen LogP contribution in [-0.4, -0.2) is 29.7 Å². The molecule has 0 bridgehead atoms. The van der Waals surface area contributed by atoms with E-state index in [9.17, 15) is 9.90 Å². The van der Waals surface area contributed by atoms with Crippen LogP contribution in [0.4, 0.5) is 0 Å². The maximum Gasteiger partial charge on any atom is 0.324 e. The summed E-state index contributed by atoms with van der Waals surface area (Å²) in [6.45, 7) is 0.617. The molecule has 18 heavy (non-hydrogen) atoms. The standard InChI is InChI=1S/C12H14N4O2/c13-16-15-6-5-14-12(11(17)18)7-9-3-1-2-4-10(9)8-12/h1-4,14H,5-8H2,(H,17,18). The highest BCUT2D eigenvalue weighted by Crippen LogP contribution is 2.30. The molecule has 0 amide bonds. The normalized spacial score (nSPS) is 15.8. The molecule has 0 unspecified atom stereocenters. The summed E-state index contributed by atoms with van der Waals surface area (Å²) in [5.74, 6) is -0.861. The number of carboxylic acid groups (broad SMARTS) is 1. The quantitative estimate of drug-likeness (QED) is 0.356. The molecule has 0 aromatic heterocycles. The molecule has 0 heterocycles. The highest BCUT2D eigenvalue weighted by atomic mass is 16.4. The summed E-state index contributed by atoms with van der Waals surface area (Å²) in [6, 6.07) is 7.73. The van der Waals surface area contributed by atoms with Gasteiger partial charge < -0.3 is 10.4 Å². The Hall–Kier alpha value is -2.04. The monoisotopic (exact) mass is 246 g/mol. The van der Waals surface area contributed by atoms with Crippen LogP contribution in [0.1, 0.15) is 11.1 Å². The van der Waals surface area contributed by atoms with Crippen LogP contribution in [0, 0.1) is 0 Å². The average Bonchev–Trinajstić information content (AvgIpc) is 2.74. The molecule has 1 aliphatic rings. The van der Waals surface area contributed by atoms with Gasteiger partial charge in [0.25, 0.3) is 0 Å². The number of fused-ring (bicyclic) bond motifs is 1. The zero-order valence-corrected chi connectivity index (χ0v) is 9.83. The second-order valence-corrected chi connectivity index (χ2v) is 4.39. The minimum atomic E-state index is -0.964. The van der Waals surface area contributed by atoms with Crippen LogP contribution in [0.3, 0.4) is 0 Å². The van der Waals surface area contributed by atoms with E-state index in [1.165, 1.54) is 0 Å². The first-order valence-corrected chi connectivity index (χ1v) is 5.74. The fourth-order valence-electron chi connectivity index (χ4n) is 2.36. The van der Waals surface area contributed by atoms with Gasteiger partial charge in [0.15, 0.2) is 0 Å². The minimum absolute atomic E-state index is 0.252. The Bertz CT molecular complexity index is 484. The Morgan fingerprint density at radius 2 is 2.06 bits per heavy atom. The third-order valence-electron chi connectivity index (χ3n) is 3.25. The first-order valence-electron chi connectivity index (χ1n) is 5.74. The van der Waals surface area contributed by atoms with Crippen molar-refractivity contribution in [2.24, 2.45) is 5.11 Å². The molecule has 0 spiro atoms. The van der Waals surface area contributed by atoms with Crippen LogP contribution >= 0.6 is 0 Å². The molecule has 0 atom stereocenters. The van der Waals surface area contributed by atoms with Gasteiger partial charge in [-0.1, -0.05) is 29.4 Å². The molecule has 6 nitrogen and oxygen atoms in total. The van der Waals surface area contributed by atoms with Crippen LogP contribution in [-0.2, 0) is 17.6 Å². The number of hydrogen-bond donors (Lipinski definition) is 2. The minimum Gasteiger partial charge on any atom is -0.480 e. The Labute approximate surface area is 104 Å². The van der Waals surface area contributed by atoms with Crippen LogP contribution < -0.4 is 5.32 Å². The summed E-state index contributed by atoms with van der Waals surface area (Å²) in [4.78, 5) is 14.1. The van der Waals surface area contributed by atoms with Crippen molar-refractivity contribution in [2.45, 2.75) is 18.4 Å². The number of nitrogens with zero attached hydrogens (tertiary/aromatic N) is 3. The Balaban J connectivity index is 2.12. The first-order chi connectivity index (χ1) is 8.68. The third kappa shape index (κ3) is 2.30. The highest BCUT2D eigenvalue weighted by molar-refractivity contribution is 5.81. The summed E-state index contributed by atoms with van der Waals surface area (Å²) in [6.07, 6.45) is 0.934. The molecule has 1 aromatic rings. The molecular formula is C12H14N4O2. The van der Waals surface area contributed by atoms with E-state index in [-0.39, 0.29) is 6.54 Å². The molecule has 0 saturated carbocycles. The number of rotatable bonds is 5. The van der Waals surface area contributed by atoms with Gasteiger partial charge in [-0.2, -0.15) is 0 Å². The van der Waals surface area contributed by atoms with E-state index in [2.05, 4.69) is 15.3 Å². The smallest absolute Gasteiger partial charge is 0.324 e. The van der Waals surface area contributed by atoms with Crippen molar-refractivity contribution in [3.8, 4) is 0 Å². The Morgan fingerprint density at radius 3 is 2.56 bits per heavy atom. The molecule has 2 rings (SSSR count). The maximum absolute atomic E-state index is 11.5. The maximum atomic E-state index is 11.5.